The van der Waals surface area contributed by atoms with Gasteiger partial charge < -0.3 is 5.11 Å². The average molecular weight is 302 g/mol. The van der Waals surface area contributed by atoms with Crippen LogP contribution in [0, 0.1) is 5.41 Å². The van der Waals surface area contributed by atoms with Gasteiger partial charge in [-0.05, 0) is 24.2 Å². The van der Waals surface area contributed by atoms with Crippen molar-refractivity contribution in [2.24, 2.45) is 5.41 Å². The van der Waals surface area contributed by atoms with Gasteiger partial charge in [0.1, 0.15) is 6.54 Å². The van der Waals surface area contributed by atoms with Crippen LogP contribution in [0.25, 0.3) is 0 Å². The zero-order valence-corrected chi connectivity index (χ0v) is 12.1. The third kappa shape index (κ3) is 1.63. The summed E-state index contributed by atoms with van der Waals surface area (Å²) in [7, 11) is 0. The molecule has 2 aliphatic rings. The molecule has 0 aromatic carbocycles. The highest BCUT2D eigenvalue weighted by Crippen LogP contribution is 2.69. The first-order valence-electron chi connectivity index (χ1n) is 6.90. The van der Waals surface area contributed by atoms with Crippen molar-refractivity contribution in [1.29, 1.82) is 0 Å². The summed E-state index contributed by atoms with van der Waals surface area (Å²) in [4.78, 5) is 11.0. The molecule has 116 valence electrons. The second kappa shape index (κ2) is 3.81. The van der Waals surface area contributed by atoms with Crippen molar-refractivity contribution in [1.82, 2.24) is 9.78 Å². The lowest BCUT2D eigenvalue weighted by Gasteiger charge is -2.35. The number of nitrogens with zero attached hydrogens (tertiary/aromatic N) is 2. The largest absolute Gasteiger partial charge is 0.480 e. The Kier molecular flexibility index (Phi) is 2.61. The van der Waals surface area contributed by atoms with Crippen LogP contribution in [-0.4, -0.2) is 20.9 Å². The summed E-state index contributed by atoms with van der Waals surface area (Å²) >= 11 is 0. The zero-order valence-electron chi connectivity index (χ0n) is 12.1. The van der Waals surface area contributed by atoms with Gasteiger partial charge in [0, 0.05) is 16.7 Å². The van der Waals surface area contributed by atoms with Crippen molar-refractivity contribution >= 4 is 5.97 Å². The maximum atomic E-state index is 13.3. The lowest BCUT2D eigenvalue weighted by molar-refractivity contribution is -0.143. The molecule has 0 aliphatic heterocycles. The number of fused-ring (bicyclic) bond motifs is 5. The van der Waals surface area contributed by atoms with E-state index in [2.05, 4.69) is 5.10 Å². The van der Waals surface area contributed by atoms with Crippen molar-refractivity contribution in [3.05, 3.63) is 17.0 Å². The highest BCUT2D eigenvalue weighted by atomic mass is 19.4. The van der Waals surface area contributed by atoms with Gasteiger partial charge in [0.15, 0.2) is 5.69 Å². The van der Waals surface area contributed by atoms with Crippen LogP contribution in [-0.2, 0) is 22.9 Å². The lowest BCUT2D eigenvalue weighted by Crippen LogP contribution is -2.34. The summed E-state index contributed by atoms with van der Waals surface area (Å²) in [5.41, 5.74) is -0.985. The SMILES string of the molecule is CC12CCC(c3c(C(F)(F)F)nn(CC(=O)O)c31)C2(C)C. The predicted octanol–water partition coefficient (Wildman–Crippen LogP) is 3.16. The van der Waals surface area contributed by atoms with Crippen LogP contribution in [0.2, 0.25) is 0 Å². The monoisotopic (exact) mass is 302 g/mol. The van der Waals surface area contributed by atoms with E-state index in [1.165, 1.54) is 0 Å². The molecule has 0 spiro atoms. The number of aliphatic carboxylic acids is 1. The molecule has 1 N–H and O–H groups in total. The fourth-order valence-corrected chi connectivity index (χ4v) is 4.27. The molecule has 1 heterocycles. The first-order valence-corrected chi connectivity index (χ1v) is 6.90. The standard InChI is InChI=1S/C14H17F3N2O2/c1-12(2)7-4-5-13(12,3)11-9(7)10(14(15,16)17)18-19(11)6-8(20)21/h7H,4-6H2,1-3H3,(H,20,21). The number of rotatable bonds is 2. The van der Waals surface area contributed by atoms with E-state index in [4.69, 9.17) is 5.11 Å². The van der Waals surface area contributed by atoms with Gasteiger partial charge in [-0.1, -0.05) is 20.8 Å². The van der Waals surface area contributed by atoms with Gasteiger partial charge in [-0.3, -0.25) is 9.48 Å². The Hall–Kier alpha value is -1.53. The smallest absolute Gasteiger partial charge is 0.435 e. The van der Waals surface area contributed by atoms with Crippen molar-refractivity contribution in [3.8, 4) is 0 Å². The number of aromatic nitrogens is 2. The van der Waals surface area contributed by atoms with Gasteiger partial charge in [-0.15, -0.1) is 0 Å². The summed E-state index contributed by atoms with van der Waals surface area (Å²) in [5.74, 6) is -1.39. The molecule has 2 bridgehead atoms. The van der Waals surface area contributed by atoms with E-state index in [9.17, 15) is 18.0 Å². The van der Waals surface area contributed by atoms with E-state index in [0.29, 0.717) is 12.1 Å². The second-order valence-electron chi connectivity index (χ2n) is 6.81. The van der Waals surface area contributed by atoms with Gasteiger partial charge in [0.2, 0.25) is 0 Å². The molecule has 2 aliphatic carbocycles. The van der Waals surface area contributed by atoms with Gasteiger partial charge >= 0.3 is 12.1 Å². The van der Waals surface area contributed by atoms with E-state index < -0.39 is 29.8 Å². The number of carbonyl (C=O) groups is 1. The molecule has 0 amide bonds. The quantitative estimate of drug-likeness (QED) is 0.913. The van der Waals surface area contributed by atoms with Crippen LogP contribution in [0.5, 0.6) is 0 Å². The van der Waals surface area contributed by atoms with E-state index in [0.717, 1.165) is 11.1 Å². The molecular weight excluding hydrogens is 285 g/mol. The van der Waals surface area contributed by atoms with Crippen LogP contribution in [0.3, 0.4) is 0 Å². The Bertz CT molecular complexity index is 633. The molecule has 1 saturated carbocycles. The summed E-state index contributed by atoms with van der Waals surface area (Å²) in [6, 6.07) is 0. The van der Waals surface area contributed by atoms with Crippen LogP contribution in [0.4, 0.5) is 13.2 Å². The summed E-state index contributed by atoms with van der Waals surface area (Å²) < 4.78 is 40.9. The molecule has 4 nitrogen and oxygen atoms in total. The maximum absolute atomic E-state index is 13.3. The van der Waals surface area contributed by atoms with E-state index in [1.807, 2.05) is 20.8 Å². The summed E-state index contributed by atoms with van der Waals surface area (Å²) in [6.07, 6.45) is -3.09. The van der Waals surface area contributed by atoms with Crippen LogP contribution in [0.1, 0.15) is 56.5 Å². The average Bonchev–Trinajstić information content (AvgIpc) is 2.82. The molecule has 2 atom stereocenters. The summed E-state index contributed by atoms with van der Waals surface area (Å²) in [6.45, 7) is 5.33. The Morgan fingerprint density at radius 2 is 2.05 bits per heavy atom. The third-order valence-corrected chi connectivity index (χ3v) is 5.64. The second-order valence-corrected chi connectivity index (χ2v) is 6.81. The number of halogens is 3. The predicted molar refractivity (Wildman–Crippen MR) is 68.0 cm³/mol. The summed E-state index contributed by atoms with van der Waals surface area (Å²) in [5, 5.41) is 12.6. The Labute approximate surface area is 119 Å². The molecule has 1 aromatic rings. The molecule has 0 radical (unpaired) electrons. The maximum Gasteiger partial charge on any atom is 0.435 e. The molecule has 3 rings (SSSR count). The van der Waals surface area contributed by atoms with Gasteiger partial charge in [0.25, 0.3) is 0 Å². The number of hydrogen-bond acceptors (Lipinski definition) is 2. The van der Waals surface area contributed by atoms with Crippen molar-refractivity contribution in [2.75, 3.05) is 0 Å². The minimum atomic E-state index is -4.55. The van der Waals surface area contributed by atoms with Crippen molar-refractivity contribution in [3.63, 3.8) is 0 Å². The topological polar surface area (TPSA) is 55.1 Å². The van der Waals surface area contributed by atoms with E-state index in [1.54, 1.807) is 0 Å². The van der Waals surface area contributed by atoms with Crippen molar-refractivity contribution < 1.29 is 23.1 Å². The Morgan fingerprint density at radius 1 is 1.43 bits per heavy atom. The fourth-order valence-electron chi connectivity index (χ4n) is 4.27. The number of alkyl halides is 3. The molecule has 0 saturated heterocycles. The molecular formula is C14H17F3N2O2. The van der Waals surface area contributed by atoms with Gasteiger partial charge in [-0.2, -0.15) is 18.3 Å². The minimum Gasteiger partial charge on any atom is -0.480 e. The lowest BCUT2D eigenvalue weighted by atomic mass is 9.70. The zero-order chi connectivity index (χ0) is 15.8. The number of carboxylic acids is 1. The van der Waals surface area contributed by atoms with E-state index >= 15 is 0 Å². The normalized spacial score (nSPS) is 29.7. The molecule has 2 unspecified atom stereocenters. The van der Waals surface area contributed by atoms with Crippen molar-refractivity contribution in [2.45, 2.75) is 57.7 Å². The third-order valence-electron chi connectivity index (χ3n) is 5.64. The first kappa shape index (κ1) is 14.4. The first-order chi connectivity index (χ1) is 9.50. The highest BCUT2D eigenvalue weighted by Gasteiger charge is 2.64. The number of carboxylic acid groups (broad SMARTS) is 1. The number of hydrogen-bond donors (Lipinski definition) is 1. The van der Waals surface area contributed by atoms with Gasteiger partial charge in [0.05, 0.1) is 0 Å². The fraction of sp³-hybridized carbons (Fsp3) is 0.714. The minimum absolute atomic E-state index is 0.211. The van der Waals surface area contributed by atoms with Crippen LogP contribution in [0.15, 0.2) is 0 Å². The Balaban J connectivity index is 2.27. The molecule has 21 heavy (non-hydrogen) atoms. The molecule has 1 fully saturated rings. The molecule has 7 heteroatoms. The Morgan fingerprint density at radius 3 is 2.57 bits per heavy atom. The van der Waals surface area contributed by atoms with E-state index in [-0.39, 0.29) is 16.9 Å². The van der Waals surface area contributed by atoms with Gasteiger partial charge in [-0.25, -0.2) is 0 Å². The molecule has 1 aromatic heterocycles. The van der Waals surface area contributed by atoms with Crippen LogP contribution >= 0.6 is 0 Å². The van der Waals surface area contributed by atoms with Crippen LogP contribution < -0.4 is 0 Å². The highest BCUT2D eigenvalue weighted by molar-refractivity contribution is 5.67.